The number of guanidine groups is 1. The van der Waals surface area contributed by atoms with Gasteiger partial charge in [0.15, 0.2) is 5.96 Å². The summed E-state index contributed by atoms with van der Waals surface area (Å²) >= 11 is 0. The van der Waals surface area contributed by atoms with E-state index in [9.17, 15) is 5.11 Å². The first-order valence-electron chi connectivity index (χ1n) is 11.8. The third-order valence-electron chi connectivity index (χ3n) is 6.59. The van der Waals surface area contributed by atoms with Crippen LogP contribution in [0.2, 0.25) is 0 Å². The van der Waals surface area contributed by atoms with Gasteiger partial charge in [-0.15, -0.1) is 24.0 Å². The Hall–Kier alpha value is -0.940. The number of hydrogen-bond donors (Lipinski definition) is 3. The van der Waals surface area contributed by atoms with E-state index in [2.05, 4.69) is 55.8 Å². The van der Waals surface area contributed by atoms with Crippen molar-refractivity contribution in [3.63, 3.8) is 0 Å². The Bertz CT molecular complexity index is 647. The van der Waals surface area contributed by atoms with E-state index in [0.717, 1.165) is 71.2 Å². The third kappa shape index (κ3) is 9.13. The van der Waals surface area contributed by atoms with Crippen LogP contribution in [0.5, 0.6) is 0 Å². The molecule has 2 saturated heterocycles. The van der Waals surface area contributed by atoms with E-state index in [4.69, 9.17) is 4.74 Å². The molecule has 0 amide bonds. The molecule has 0 bridgehead atoms. The van der Waals surface area contributed by atoms with Crippen LogP contribution >= 0.6 is 24.0 Å². The second-order valence-corrected chi connectivity index (χ2v) is 8.94. The quantitative estimate of drug-likeness (QED) is 0.167. The van der Waals surface area contributed by atoms with Crippen molar-refractivity contribution in [3.05, 3.63) is 35.9 Å². The van der Waals surface area contributed by atoms with E-state index in [1.54, 1.807) is 0 Å². The first-order valence-corrected chi connectivity index (χ1v) is 11.8. The Morgan fingerprint density at radius 2 is 1.84 bits per heavy atom. The minimum Gasteiger partial charge on any atom is -0.396 e. The van der Waals surface area contributed by atoms with Crippen molar-refractivity contribution in [2.24, 2.45) is 10.4 Å². The van der Waals surface area contributed by atoms with Crippen LogP contribution in [-0.2, 0) is 11.3 Å². The number of benzene rings is 1. The number of rotatable bonds is 11. The summed E-state index contributed by atoms with van der Waals surface area (Å²) in [6.07, 6.45) is 4.10. The minimum absolute atomic E-state index is 0. The zero-order valence-corrected chi connectivity index (χ0v) is 21.9. The molecular weight excluding hydrogens is 517 g/mol. The molecule has 0 spiro atoms. The average Bonchev–Trinajstić information content (AvgIpc) is 3.26. The number of nitrogens with zero attached hydrogens (tertiary/aromatic N) is 3. The summed E-state index contributed by atoms with van der Waals surface area (Å²) in [6.45, 7) is 10.3. The summed E-state index contributed by atoms with van der Waals surface area (Å²) in [5, 5.41) is 16.2. The molecule has 32 heavy (non-hydrogen) atoms. The van der Waals surface area contributed by atoms with Crippen LogP contribution in [0.3, 0.4) is 0 Å². The Kier molecular flexibility index (Phi) is 12.8. The average molecular weight is 560 g/mol. The van der Waals surface area contributed by atoms with Crippen molar-refractivity contribution in [1.29, 1.82) is 0 Å². The highest BCUT2D eigenvalue weighted by Gasteiger charge is 2.34. The van der Waals surface area contributed by atoms with Crippen molar-refractivity contribution in [1.82, 2.24) is 20.4 Å². The molecule has 0 radical (unpaired) electrons. The predicted molar refractivity (Wildman–Crippen MR) is 142 cm³/mol. The summed E-state index contributed by atoms with van der Waals surface area (Å²) < 4.78 is 5.57. The van der Waals surface area contributed by atoms with Crippen LogP contribution in [0.4, 0.5) is 0 Å². The molecule has 3 N–H and O–H groups in total. The van der Waals surface area contributed by atoms with Crippen molar-refractivity contribution >= 4 is 29.9 Å². The fraction of sp³-hybridized carbons (Fsp3) is 0.708. The zero-order valence-electron chi connectivity index (χ0n) is 19.6. The largest absolute Gasteiger partial charge is 0.396 e. The maximum Gasteiger partial charge on any atom is 0.190 e. The van der Waals surface area contributed by atoms with Gasteiger partial charge in [0.2, 0.25) is 0 Å². The van der Waals surface area contributed by atoms with Crippen LogP contribution in [0, 0.1) is 5.41 Å². The van der Waals surface area contributed by atoms with Crippen molar-refractivity contribution in [2.45, 2.75) is 32.2 Å². The summed E-state index contributed by atoms with van der Waals surface area (Å²) in [5.41, 5.74) is 1.45. The lowest BCUT2D eigenvalue weighted by atomic mass is 9.84. The highest BCUT2D eigenvalue weighted by atomic mass is 127. The van der Waals surface area contributed by atoms with Gasteiger partial charge in [-0.1, -0.05) is 30.3 Å². The molecule has 8 heteroatoms. The van der Waals surface area contributed by atoms with Crippen molar-refractivity contribution in [3.8, 4) is 0 Å². The predicted octanol–water partition coefficient (Wildman–Crippen LogP) is 2.16. The normalized spacial score (nSPS) is 22.5. The van der Waals surface area contributed by atoms with Gasteiger partial charge in [0.25, 0.3) is 0 Å². The molecular formula is C24H42IN5O2. The number of piperazine rings is 1. The Labute approximate surface area is 211 Å². The number of aliphatic hydroxyl groups is 1. The molecule has 0 saturated carbocycles. The lowest BCUT2D eigenvalue weighted by Gasteiger charge is -2.34. The van der Waals surface area contributed by atoms with Crippen molar-refractivity contribution in [2.75, 3.05) is 72.7 Å². The van der Waals surface area contributed by atoms with Crippen LogP contribution < -0.4 is 10.6 Å². The van der Waals surface area contributed by atoms with Gasteiger partial charge in [-0.2, -0.15) is 0 Å². The number of halogens is 1. The number of ether oxygens (including phenoxy) is 1. The second-order valence-electron chi connectivity index (χ2n) is 8.94. The molecule has 0 aromatic heterocycles. The molecule has 2 heterocycles. The molecule has 1 atom stereocenters. The molecule has 2 fully saturated rings. The Balaban J connectivity index is 0.00000363. The number of nitrogens with one attached hydrogen (secondary N) is 2. The highest BCUT2D eigenvalue weighted by molar-refractivity contribution is 14.0. The molecule has 1 aromatic rings. The SMILES string of the molecule is CN=C(NCCCCN1CCN(Cc2ccccc2)CC1)NCC1(CCO)CCOC1.I. The van der Waals surface area contributed by atoms with Crippen molar-refractivity contribution < 1.29 is 9.84 Å². The fourth-order valence-corrected chi connectivity index (χ4v) is 4.48. The van der Waals surface area contributed by atoms with Gasteiger partial charge in [0.05, 0.1) is 6.61 Å². The topological polar surface area (TPSA) is 72.4 Å². The second kappa shape index (κ2) is 15.1. The summed E-state index contributed by atoms with van der Waals surface area (Å²) in [5.74, 6) is 0.846. The lowest BCUT2D eigenvalue weighted by molar-refractivity contribution is 0.125. The van der Waals surface area contributed by atoms with E-state index >= 15 is 0 Å². The van der Waals surface area contributed by atoms with Gasteiger partial charge >= 0.3 is 0 Å². The Morgan fingerprint density at radius 3 is 2.50 bits per heavy atom. The standard InChI is InChI=1S/C24H41N5O2.HI/c1-25-23(27-20-24(9-17-30)10-18-31-21-24)26-11-5-6-12-28-13-15-29(16-14-28)19-22-7-3-2-4-8-22;/h2-4,7-8,30H,5-6,9-21H2,1H3,(H2,25,26,27);1H. The monoisotopic (exact) mass is 559 g/mol. The molecule has 2 aliphatic heterocycles. The molecule has 0 aliphatic carbocycles. The van der Waals surface area contributed by atoms with E-state index < -0.39 is 0 Å². The summed E-state index contributed by atoms with van der Waals surface area (Å²) in [6, 6.07) is 10.8. The maximum atomic E-state index is 9.37. The van der Waals surface area contributed by atoms with E-state index in [-0.39, 0.29) is 36.0 Å². The van der Waals surface area contributed by atoms with Gasteiger partial charge in [-0.05, 0) is 37.8 Å². The minimum atomic E-state index is 0. The summed E-state index contributed by atoms with van der Waals surface area (Å²) in [7, 11) is 1.81. The highest BCUT2D eigenvalue weighted by Crippen LogP contribution is 2.31. The first kappa shape index (κ1) is 27.3. The fourth-order valence-electron chi connectivity index (χ4n) is 4.48. The number of unbranched alkanes of at least 4 members (excludes halogenated alkanes) is 1. The zero-order chi connectivity index (χ0) is 21.8. The number of aliphatic hydroxyl groups excluding tert-OH is 1. The molecule has 7 nitrogen and oxygen atoms in total. The molecule has 182 valence electrons. The smallest absolute Gasteiger partial charge is 0.190 e. The van der Waals surface area contributed by atoms with E-state index in [1.165, 1.54) is 31.6 Å². The van der Waals surface area contributed by atoms with Gasteiger partial charge in [-0.3, -0.25) is 9.89 Å². The van der Waals surface area contributed by atoms with Crippen LogP contribution in [0.15, 0.2) is 35.3 Å². The van der Waals surface area contributed by atoms with Gasteiger partial charge < -0.3 is 25.4 Å². The van der Waals surface area contributed by atoms with E-state index in [0.29, 0.717) is 0 Å². The van der Waals surface area contributed by atoms with Crippen LogP contribution in [0.1, 0.15) is 31.2 Å². The van der Waals surface area contributed by atoms with Crippen LogP contribution in [-0.4, -0.2) is 93.5 Å². The van der Waals surface area contributed by atoms with Gasteiger partial charge in [0, 0.05) is 71.5 Å². The summed E-state index contributed by atoms with van der Waals surface area (Å²) in [4.78, 5) is 9.49. The number of aliphatic imine (C=N–C) groups is 1. The Morgan fingerprint density at radius 1 is 1.09 bits per heavy atom. The molecule has 2 aliphatic rings. The number of hydrogen-bond acceptors (Lipinski definition) is 5. The maximum absolute atomic E-state index is 9.37. The molecule has 1 aromatic carbocycles. The van der Waals surface area contributed by atoms with Gasteiger partial charge in [0.1, 0.15) is 0 Å². The first-order chi connectivity index (χ1) is 15.2. The van der Waals surface area contributed by atoms with Crippen LogP contribution in [0.25, 0.3) is 0 Å². The molecule has 1 unspecified atom stereocenters. The lowest BCUT2D eigenvalue weighted by Crippen LogP contribution is -2.46. The molecule has 3 rings (SSSR count). The van der Waals surface area contributed by atoms with Gasteiger partial charge in [-0.25, -0.2) is 0 Å². The van der Waals surface area contributed by atoms with E-state index in [1.807, 2.05) is 7.05 Å². The third-order valence-corrected chi connectivity index (χ3v) is 6.59.